The molecule has 0 aliphatic heterocycles. The Morgan fingerprint density at radius 2 is 1.22 bits per heavy atom. The van der Waals surface area contributed by atoms with Crippen molar-refractivity contribution in [2.75, 3.05) is 20.3 Å². The minimum Gasteiger partial charge on any atom is -0.507 e. The Balaban J connectivity index is 0.000000322. The lowest BCUT2D eigenvalue weighted by Gasteiger charge is -2.17. The van der Waals surface area contributed by atoms with Crippen molar-refractivity contribution in [3.63, 3.8) is 0 Å². The summed E-state index contributed by atoms with van der Waals surface area (Å²) in [5, 5.41) is 20.3. The van der Waals surface area contributed by atoms with E-state index in [1.165, 1.54) is 25.7 Å². The maximum absolute atomic E-state index is 11.7. The first kappa shape index (κ1) is 49.0. The lowest BCUT2D eigenvalue weighted by atomic mass is 10.1. The van der Waals surface area contributed by atoms with Gasteiger partial charge in [0.05, 0.1) is 31.5 Å². The number of aliphatic carboxylic acids is 1. The molecule has 0 amide bonds. The Hall–Kier alpha value is -5.18. The maximum Gasteiger partial charge on any atom is 0.349 e. The van der Waals surface area contributed by atoms with Gasteiger partial charge in [-0.15, -0.1) is 0 Å². The molecule has 0 bridgehead atoms. The van der Waals surface area contributed by atoms with E-state index < -0.39 is 12.1 Å². The molecule has 0 spiro atoms. The van der Waals surface area contributed by atoms with Crippen LogP contribution in [0.15, 0.2) is 118 Å². The van der Waals surface area contributed by atoms with Gasteiger partial charge in [0.1, 0.15) is 40.2 Å². The van der Waals surface area contributed by atoms with Gasteiger partial charge in [0.25, 0.3) is 0 Å². The molecule has 6 rings (SSSR count). The Bertz CT molecular complexity index is 2130. The summed E-state index contributed by atoms with van der Waals surface area (Å²) in [6, 6.07) is 27.7. The third kappa shape index (κ3) is 14.6. The van der Waals surface area contributed by atoms with E-state index in [4.69, 9.17) is 46.2 Å². The minimum absolute atomic E-state index is 0. The SMILES string of the molecule is C.C.CCOCc1coc(-c2cc(Cl)ccc2O)n1.CCOCc1coc(-c2cc(Cl)ccc2OC(C(=O)O)c2ccccc2)n1.COC(=O)C(Br)c1ccccc1. The lowest BCUT2D eigenvalue weighted by Crippen LogP contribution is -2.18. The van der Waals surface area contributed by atoms with E-state index in [1.54, 1.807) is 54.6 Å². The van der Waals surface area contributed by atoms with Gasteiger partial charge in [0.2, 0.25) is 17.9 Å². The van der Waals surface area contributed by atoms with Gasteiger partial charge in [-0.25, -0.2) is 14.8 Å². The first-order chi connectivity index (χ1) is 27.0. The van der Waals surface area contributed by atoms with Crippen LogP contribution in [-0.4, -0.2) is 52.4 Å². The van der Waals surface area contributed by atoms with Crippen LogP contribution in [0, 0.1) is 0 Å². The largest absolute Gasteiger partial charge is 0.507 e. The Kier molecular flexibility index (Phi) is 21.3. The molecule has 2 atom stereocenters. The second kappa shape index (κ2) is 25.2. The van der Waals surface area contributed by atoms with Crippen LogP contribution in [0.5, 0.6) is 11.5 Å². The number of carbonyl (C=O) groups is 2. The van der Waals surface area contributed by atoms with Crippen molar-refractivity contribution >= 4 is 51.1 Å². The zero-order valence-electron chi connectivity index (χ0n) is 30.6. The van der Waals surface area contributed by atoms with Crippen LogP contribution in [0.1, 0.15) is 62.1 Å². The highest BCUT2D eigenvalue weighted by atomic mass is 79.9. The first-order valence-electron chi connectivity index (χ1n) is 17.1. The topological polar surface area (TPSA) is 164 Å². The number of methoxy groups -OCH3 is 1. The second-order valence-corrected chi connectivity index (χ2v) is 13.2. The number of alkyl halides is 1. The number of ether oxygens (including phenoxy) is 4. The summed E-state index contributed by atoms with van der Waals surface area (Å²) in [6.45, 7) is 5.68. The van der Waals surface area contributed by atoms with Crippen molar-refractivity contribution in [3.05, 3.63) is 142 Å². The van der Waals surface area contributed by atoms with Gasteiger partial charge in [-0.2, -0.15) is 0 Å². The summed E-state index contributed by atoms with van der Waals surface area (Å²) in [4.78, 5) is 31.0. The van der Waals surface area contributed by atoms with E-state index >= 15 is 0 Å². The highest BCUT2D eigenvalue weighted by Crippen LogP contribution is 2.35. The van der Waals surface area contributed by atoms with E-state index in [0.717, 1.165) is 5.56 Å². The Morgan fingerprint density at radius 1 is 0.741 bits per heavy atom. The summed E-state index contributed by atoms with van der Waals surface area (Å²) in [5.41, 5.74) is 3.67. The number of benzene rings is 4. The third-order valence-corrected chi connectivity index (χ3v) is 8.82. The number of halogens is 3. The molecule has 12 nitrogen and oxygen atoms in total. The molecule has 0 saturated heterocycles. The first-order valence-corrected chi connectivity index (χ1v) is 18.8. The van der Waals surface area contributed by atoms with E-state index in [-0.39, 0.29) is 37.3 Å². The van der Waals surface area contributed by atoms with Crippen LogP contribution >= 0.6 is 39.1 Å². The number of carboxylic acids is 1. The lowest BCUT2D eigenvalue weighted by molar-refractivity contribution is -0.145. The van der Waals surface area contributed by atoms with Gasteiger partial charge in [0.15, 0.2) is 0 Å². The third-order valence-electron chi connectivity index (χ3n) is 7.44. The van der Waals surface area contributed by atoms with Crippen LogP contribution in [0.25, 0.3) is 22.9 Å². The van der Waals surface area contributed by atoms with Crippen molar-refractivity contribution in [1.82, 2.24) is 9.97 Å². The fourth-order valence-corrected chi connectivity index (χ4v) is 5.57. The Morgan fingerprint density at radius 3 is 1.72 bits per heavy atom. The molecular formula is C43H47BrCl2N2O10. The van der Waals surface area contributed by atoms with Gasteiger partial charge in [0, 0.05) is 28.8 Å². The van der Waals surface area contributed by atoms with E-state index in [9.17, 15) is 19.8 Å². The minimum atomic E-state index is -1.18. The van der Waals surface area contributed by atoms with Crippen LogP contribution in [-0.2, 0) is 37.0 Å². The molecule has 0 radical (unpaired) electrons. The molecule has 0 aliphatic rings. The number of aromatic hydroxyl groups is 1. The number of nitrogens with zero attached hydrogens (tertiary/aromatic N) is 2. The summed E-state index contributed by atoms with van der Waals surface area (Å²) >= 11 is 15.2. The van der Waals surface area contributed by atoms with Crippen molar-refractivity contribution in [2.24, 2.45) is 0 Å². The molecule has 0 saturated carbocycles. The van der Waals surface area contributed by atoms with Gasteiger partial charge in [-0.3, -0.25) is 4.79 Å². The number of carbonyl (C=O) groups excluding carboxylic acids is 1. The van der Waals surface area contributed by atoms with E-state index in [2.05, 4.69) is 30.6 Å². The normalized spacial score (nSPS) is 11.2. The fraction of sp³-hybridized carbons (Fsp3) is 0.256. The van der Waals surface area contributed by atoms with Crippen molar-refractivity contribution in [1.29, 1.82) is 0 Å². The molecular weight excluding hydrogens is 855 g/mol. The molecule has 2 unspecified atom stereocenters. The summed E-state index contributed by atoms with van der Waals surface area (Å²) in [7, 11) is 1.37. The van der Waals surface area contributed by atoms with Gasteiger partial charge >= 0.3 is 11.9 Å². The monoisotopic (exact) mass is 900 g/mol. The smallest absolute Gasteiger partial charge is 0.349 e. The zero-order valence-corrected chi connectivity index (χ0v) is 33.7. The molecule has 4 aromatic carbocycles. The summed E-state index contributed by atoms with van der Waals surface area (Å²) in [6.07, 6.45) is 1.82. The number of esters is 1. The summed E-state index contributed by atoms with van der Waals surface area (Å²) < 4.78 is 31.7. The van der Waals surface area contributed by atoms with Gasteiger partial charge in [-0.1, -0.05) is 115 Å². The predicted molar refractivity (Wildman–Crippen MR) is 227 cm³/mol. The average Bonchev–Trinajstić information content (AvgIpc) is 3.90. The highest BCUT2D eigenvalue weighted by Gasteiger charge is 2.24. The highest BCUT2D eigenvalue weighted by molar-refractivity contribution is 9.09. The molecule has 58 heavy (non-hydrogen) atoms. The molecule has 0 aliphatic carbocycles. The quantitative estimate of drug-likeness (QED) is 0.0786. The van der Waals surface area contributed by atoms with E-state index in [0.29, 0.717) is 76.2 Å². The number of phenols is 1. The van der Waals surface area contributed by atoms with Crippen molar-refractivity contribution < 1.29 is 47.6 Å². The number of phenolic OH excluding ortho intramolecular Hbond substituents is 1. The van der Waals surface area contributed by atoms with Gasteiger partial charge in [-0.05, 0) is 55.8 Å². The number of oxazole rings is 2. The molecule has 15 heteroatoms. The Labute approximate surface area is 356 Å². The predicted octanol–water partition coefficient (Wildman–Crippen LogP) is 11.5. The van der Waals surface area contributed by atoms with Gasteiger partial charge < -0.3 is 38.0 Å². The zero-order chi connectivity index (χ0) is 40.5. The maximum atomic E-state index is 11.7. The standard InChI is InChI=1S/C20H18ClNO5.C12H12ClNO3.C9H9BrO2.2CH4/c1-2-25-11-15-12-26-19(22-15)16-10-14(21)8-9-17(16)27-18(20(23)24)13-6-4-3-5-7-13;1-2-16-6-9-7-17-12(14-9)10-5-8(13)3-4-11(10)15;1-12-9(11)8(10)7-5-3-2-4-6-7;;/h3-10,12,18H,2,11H2,1H3,(H,23,24);3-5,7,15H,2,6H2,1H3;2-6,8H,1H3;2*1H4. The molecule has 310 valence electrons. The number of hydrogen-bond donors (Lipinski definition) is 2. The van der Waals surface area contributed by atoms with Crippen LogP contribution < -0.4 is 4.74 Å². The molecule has 2 N–H and O–H groups in total. The molecule has 0 fully saturated rings. The van der Waals surface area contributed by atoms with Crippen LogP contribution in [0.4, 0.5) is 0 Å². The average molecular weight is 903 g/mol. The molecule has 2 heterocycles. The van der Waals surface area contributed by atoms with Crippen LogP contribution in [0.3, 0.4) is 0 Å². The number of hydrogen-bond acceptors (Lipinski definition) is 11. The molecule has 6 aromatic rings. The number of rotatable bonds is 14. The summed E-state index contributed by atoms with van der Waals surface area (Å²) in [5.74, 6) is -0.383. The van der Waals surface area contributed by atoms with Crippen molar-refractivity contribution in [3.8, 4) is 34.4 Å². The van der Waals surface area contributed by atoms with Crippen LogP contribution in [0.2, 0.25) is 10.0 Å². The molecule has 2 aromatic heterocycles. The second-order valence-electron chi connectivity index (χ2n) is 11.4. The van der Waals surface area contributed by atoms with E-state index in [1.807, 2.05) is 50.2 Å². The number of aromatic nitrogens is 2. The number of carboxylic acid groups (broad SMARTS) is 1. The van der Waals surface area contributed by atoms with Crippen molar-refractivity contribution in [2.45, 2.75) is 52.8 Å². The fourth-order valence-electron chi connectivity index (χ4n) is 4.74.